The molecule has 1 aromatic rings. The van der Waals surface area contributed by atoms with Crippen LogP contribution in [0.5, 0.6) is 0 Å². The average Bonchev–Trinajstić information content (AvgIpc) is 2.35. The number of benzene rings is 1. The van der Waals surface area contributed by atoms with E-state index < -0.39 is 12.8 Å². The molecule has 1 aromatic carbocycles. The molecule has 5 heteroatoms. The fraction of sp³-hybridized carbons (Fsp3) is 0.600. The predicted molar refractivity (Wildman–Crippen MR) is 75.2 cm³/mol. The second-order valence-electron chi connectivity index (χ2n) is 5.02. The van der Waals surface area contributed by atoms with Crippen LogP contribution < -0.4 is 0 Å². The molecule has 1 nitrogen and oxygen atoms in total. The first-order valence-electron chi connectivity index (χ1n) is 6.66. The summed E-state index contributed by atoms with van der Waals surface area (Å²) in [7, 11) is 0. The van der Waals surface area contributed by atoms with Gasteiger partial charge in [-0.15, -0.1) is 11.6 Å². The molecule has 1 atom stereocenters. The van der Waals surface area contributed by atoms with Crippen LogP contribution in [0.25, 0.3) is 0 Å². The highest BCUT2D eigenvalue weighted by Crippen LogP contribution is 2.18. The Kier molecular flexibility index (Phi) is 7.38. The van der Waals surface area contributed by atoms with Gasteiger partial charge in [0.2, 0.25) is 0 Å². The lowest BCUT2D eigenvalue weighted by Crippen LogP contribution is -2.17. The molecule has 0 bridgehead atoms. The van der Waals surface area contributed by atoms with E-state index in [-0.39, 0.29) is 12.5 Å². The molecule has 0 saturated heterocycles. The maximum absolute atomic E-state index is 11.9. The summed E-state index contributed by atoms with van der Waals surface area (Å²) in [4.78, 5) is 0. The zero-order chi connectivity index (χ0) is 15.0. The van der Waals surface area contributed by atoms with Crippen LogP contribution in [0.2, 0.25) is 0 Å². The smallest absolute Gasteiger partial charge is 0.372 e. The number of alkyl halides is 4. The molecule has 1 unspecified atom stereocenters. The molecule has 0 radical (unpaired) electrons. The second kappa shape index (κ2) is 8.53. The molecular weight excluding hydrogens is 289 g/mol. The summed E-state index contributed by atoms with van der Waals surface area (Å²) < 4.78 is 40.3. The fourth-order valence-electron chi connectivity index (χ4n) is 2.07. The zero-order valence-corrected chi connectivity index (χ0v) is 12.3. The molecule has 0 spiro atoms. The molecule has 0 fully saturated rings. The van der Waals surface area contributed by atoms with Gasteiger partial charge in [-0.05, 0) is 37.7 Å². The van der Waals surface area contributed by atoms with E-state index in [9.17, 15) is 13.2 Å². The molecule has 0 aliphatic carbocycles. The summed E-state index contributed by atoms with van der Waals surface area (Å²) in [6, 6.07) is 8.19. The Labute approximate surface area is 123 Å². The molecule has 20 heavy (non-hydrogen) atoms. The van der Waals surface area contributed by atoms with Crippen molar-refractivity contribution in [1.82, 2.24) is 0 Å². The van der Waals surface area contributed by atoms with Gasteiger partial charge in [0.25, 0.3) is 0 Å². The monoisotopic (exact) mass is 308 g/mol. The van der Waals surface area contributed by atoms with Crippen LogP contribution in [0.4, 0.5) is 13.2 Å². The Balaban J connectivity index is 2.26. The third kappa shape index (κ3) is 7.75. The van der Waals surface area contributed by atoms with Gasteiger partial charge in [-0.2, -0.15) is 13.2 Å². The van der Waals surface area contributed by atoms with Gasteiger partial charge < -0.3 is 4.74 Å². The first-order valence-corrected chi connectivity index (χ1v) is 7.20. The van der Waals surface area contributed by atoms with E-state index in [1.54, 1.807) is 0 Å². The van der Waals surface area contributed by atoms with Crippen molar-refractivity contribution in [2.75, 3.05) is 19.1 Å². The van der Waals surface area contributed by atoms with Crippen LogP contribution in [0, 0.1) is 12.8 Å². The van der Waals surface area contributed by atoms with Crippen molar-refractivity contribution in [3.63, 3.8) is 0 Å². The minimum Gasteiger partial charge on any atom is -0.372 e. The van der Waals surface area contributed by atoms with E-state index in [1.165, 1.54) is 11.1 Å². The summed E-state index contributed by atoms with van der Waals surface area (Å²) >= 11 is 5.92. The van der Waals surface area contributed by atoms with E-state index in [2.05, 4.69) is 10.8 Å². The van der Waals surface area contributed by atoms with Crippen molar-refractivity contribution >= 4 is 11.6 Å². The molecule has 0 aliphatic rings. The Morgan fingerprint density at radius 3 is 2.65 bits per heavy atom. The Morgan fingerprint density at radius 2 is 2.05 bits per heavy atom. The number of aryl methyl sites for hydroxylation is 1. The van der Waals surface area contributed by atoms with Crippen LogP contribution in [0.15, 0.2) is 24.3 Å². The summed E-state index contributed by atoms with van der Waals surface area (Å²) in [5, 5.41) is 0. The van der Waals surface area contributed by atoms with E-state index in [4.69, 9.17) is 11.6 Å². The summed E-state index contributed by atoms with van der Waals surface area (Å²) in [5.41, 5.74) is 2.41. The minimum absolute atomic E-state index is 0.126. The normalized spacial score (nSPS) is 13.4. The molecular formula is C15H20ClF3O. The van der Waals surface area contributed by atoms with Crippen molar-refractivity contribution in [2.45, 2.75) is 32.4 Å². The summed E-state index contributed by atoms with van der Waals surface area (Å²) in [6.07, 6.45) is -2.02. The number of rotatable bonds is 8. The average molecular weight is 309 g/mol. The number of hydrogen-bond acceptors (Lipinski definition) is 1. The van der Waals surface area contributed by atoms with Gasteiger partial charge in [0.05, 0.1) is 0 Å². The topological polar surface area (TPSA) is 9.23 Å². The molecule has 0 heterocycles. The van der Waals surface area contributed by atoms with Crippen LogP contribution in [-0.2, 0) is 11.2 Å². The Morgan fingerprint density at radius 1 is 1.30 bits per heavy atom. The quantitative estimate of drug-likeness (QED) is 0.497. The van der Waals surface area contributed by atoms with Crippen molar-refractivity contribution in [2.24, 2.45) is 5.92 Å². The largest absolute Gasteiger partial charge is 0.411 e. The first kappa shape index (κ1) is 17.3. The summed E-state index contributed by atoms with van der Waals surface area (Å²) in [6.45, 7) is 0.987. The molecule has 0 N–H and O–H groups in total. The van der Waals surface area contributed by atoms with E-state index in [1.807, 2.05) is 25.1 Å². The number of hydrogen-bond donors (Lipinski definition) is 0. The van der Waals surface area contributed by atoms with Crippen LogP contribution in [-0.4, -0.2) is 25.3 Å². The van der Waals surface area contributed by atoms with E-state index in [0.29, 0.717) is 12.3 Å². The van der Waals surface area contributed by atoms with Crippen molar-refractivity contribution in [1.29, 1.82) is 0 Å². The highest BCUT2D eigenvalue weighted by molar-refractivity contribution is 6.18. The molecule has 1 rings (SSSR count). The van der Waals surface area contributed by atoms with Gasteiger partial charge in [0, 0.05) is 12.5 Å². The van der Waals surface area contributed by atoms with Crippen LogP contribution >= 0.6 is 11.6 Å². The first-order chi connectivity index (χ1) is 9.40. The summed E-state index contributed by atoms with van der Waals surface area (Å²) in [5.74, 6) is 0.778. The van der Waals surface area contributed by atoms with E-state index >= 15 is 0 Å². The lowest BCUT2D eigenvalue weighted by Gasteiger charge is -2.14. The number of ether oxygens (including phenoxy) is 1. The zero-order valence-electron chi connectivity index (χ0n) is 11.5. The van der Waals surface area contributed by atoms with Gasteiger partial charge in [0.15, 0.2) is 0 Å². The van der Waals surface area contributed by atoms with Gasteiger partial charge in [0.1, 0.15) is 6.61 Å². The van der Waals surface area contributed by atoms with Crippen LogP contribution in [0.1, 0.15) is 24.0 Å². The maximum atomic E-state index is 11.9. The highest BCUT2D eigenvalue weighted by atomic mass is 35.5. The molecule has 114 valence electrons. The number of halogens is 4. The highest BCUT2D eigenvalue weighted by Gasteiger charge is 2.27. The van der Waals surface area contributed by atoms with Gasteiger partial charge in [-0.3, -0.25) is 0 Å². The second-order valence-corrected chi connectivity index (χ2v) is 5.33. The van der Waals surface area contributed by atoms with Crippen molar-refractivity contribution in [3.05, 3.63) is 35.4 Å². The van der Waals surface area contributed by atoms with Gasteiger partial charge >= 0.3 is 6.18 Å². The van der Waals surface area contributed by atoms with Crippen molar-refractivity contribution < 1.29 is 17.9 Å². The van der Waals surface area contributed by atoms with E-state index in [0.717, 1.165) is 12.8 Å². The molecule has 0 amide bonds. The third-order valence-electron chi connectivity index (χ3n) is 2.99. The van der Waals surface area contributed by atoms with Crippen molar-refractivity contribution in [3.8, 4) is 0 Å². The Bertz CT molecular complexity index is 393. The lowest BCUT2D eigenvalue weighted by atomic mass is 9.96. The molecule has 0 aromatic heterocycles. The lowest BCUT2D eigenvalue weighted by molar-refractivity contribution is -0.174. The van der Waals surface area contributed by atoms with Crippen LogP contribution in [0.3, 0.4) is 0 Å². The minimum atomic E-state index is -4.24. The molecule has 0 aliphatic heterocycles. The maximum Gasteiger partial charge on any atom is 0.411 e. The predicted octanol–water partition coefficient (Wildman–Crippen LogP) is 4.75. The van der Waals surface area contributed by atoms with Gasteiger partial charge in [-0.1, -0.05) is 29.8 Å². The Hall–Kier alpha value is -0.740. The standard InChI is InChI=1S/C15H20ClF3O/c1-12-4-2-5-13(8-12)9-14(10-16)6-3-7-20-11-15(17,18)19/h2,4-5,8,14H,3,6-7,9-11H2,1H3. The third-order valence-corrected chi connectivity index (χ3v) is 3.43. The SMILES string of the molecule is Cc1cccc(CC(CCl)CCCOCC(F)(F)F)c1. The molecule has 0 saturated carbocycles. The van der Waals surface area contributed by atoms with Gasteiger partial charge in [-0.25, -0.2) is 0 Å². The fourth-order valence-corrected chi connectivity index (χ4v) is 2.33.